The van der Waals surface area contributed by atoms with Crippen molar-refractivity contribution in [3.63, 3.8) is 0 Å². The van der Waals surface area contributed by atoms with Gasteiger partial charge in [0.1, 0.15) is 0 Å². The molecule has 0 aromatic carbocycles. The third kappa shape index (κ3) is 3.53. The maximum atomic E-state index is 12.2. The minimum atomic E-state index is -0.0154. The normalized spacial score (nSPS) is 18.0. The number of rotatable bonds is 4. The summed E-state index contributed by atoms with van der Waals surface area (Å²) >= 11 is 0. The Morgan fingerprint density at radius 1 is 1.37 bits per heavy atom. The number of amides is 1. The average molecular weight is 261 g/mol. The minimum absolute atomic E-state index is 0.0154. The lowest BCUT2D eigenvalue weighted by Crippen LogP contribution is -2.47. The molecule has 1 aromatic heterocycles. The van der Waals surface area contributed by atoms with Crippen molar-refractivity contribution in [1.82, 2.24) is 10.3 Å². The van der Waals surface area contributed by atoms with Gasteiger partial charge in [-0.2, -0.15) is 0 Å². The van der Waals surface area contributed by atoms with Crippen LogP contribution in [0.1, 0.15) is 44.1 Å². The number of hydrogen-bond donors (Lipinski definition) is 2. The van der Waals surface area contributed by atoms with Gasteiger partial charge in [0, 0.05) is 18.2 Å². The number of pyridine rings is 1. The first-order chi connectivity index (χ1) is 9.15. The van der Waals surface area contributed by atoms with E-state index in [1.165, 1.54) is 19.3 Å². The van der Waals surface area contributed by atoms with E-state index in [1.807, 2.05) is 20.0 Å². The SMILES string of the molecule is CNC1(CC(=O)Nc2cnccc2C)CCCCC1. The molecule has 0 bridgehead atoms. The molecule has 1 fully saturated rings. The molecule has 104 valence electrons. The van der Waals surface area contributed by atoms with Crippen LogP contribution >= 0.6 is 0 Å². The Morgan fingerprint density at radius 2 is 2.11 bits per heavy atom. The van der Waals surface area contributed by atoms with Crippen LogP contribution in [0.2, 0.25) is 0 Å². The molecule has 0 atom stereocenters. The van der Waals surface area contributed by atoms with Gasteiger partial charge in [0.05, 0.1) is 11.9 Å². The smallest absolute Gasteiger partial charge is 0.226 e. The summed E-state index contributed by atoms with van der Waals surface area (Å²) in [5.74, 6) is 0.0763. The second kappa shape index (κ2) is 6.15. The van der Waals surface area contributed by atoms with Crippen molar-refractivity contribution in [3.05, 3.63) is 24.0 Å². The van der Waals surface area contributed by atoms with Crippen LogP contribution in [0.5, 0.6) is 0 Å². The van der Waals surface area contributed by atoms with Crippen molar-refractivity contribution in [2.75, 3.05) is 12.4 Å². The van der Waals surface area contributed by atoms with Crippen LogP contribution in [0.15, 0.2) is 18.5 Å². The van der Waals surface area contributed by atoms with Crippen molar-refractivity contribution in [3.8, 4) is 0 Å². The maximum Gasteiger partial charge on any atom is 0.226 e. The van der Waals surface area contributed by atoms with E-state index >= 15 is 0 Å². The molecule has 1 aromatic rings. The number of anilines is 1. The van der Waals surface area contributed by atoms with E-state index in [4.69, 9.17) is 0 Å². The summed E-state index contributed by atoms with van der Waals surface area (Å²) in [7, 11) is 1.97. The van der Waals surface area contributed by atoms with Gasteiger partial charge in [0.2, 0.25) is 5.91 Å². The molecule has 19 heavy (non-hydrogen) atoms. The van der Waals surface area contributed by atoms with Gasteiger partial charge in [0.25, 0.3) is 0 Å². The van der Waals surface area contributed by atoms with Crippen LogP contribution in [0, 0.1) is 6.92 Å². The summed E-state index contributed by atoms with van der Waals surface area (Å²) in [4.78, 5) is 16.3. The first kappa shape index (κ1) is 14.0. The Bertz CT molecular complexity index is 439. The zero-order valence-electron chi connectivity index (χ0n) is 11.8. The lowest BCUT2D eigenvalue weighted by atomic mass is 9.79. The molecule has 4 nitrogen and oxygen atoms in total. The summed E-state index contributed by atoms with van der Waals surface area (Å²) < 4.78 is 0. The molecule has 1 aliphatic rings. The molecule has 0 spiro atoms. The Kier molecular flexibility index (Phi) is 4.53. The Balaban J connectivity index is 1.98. The Labute approximate surface area is 115 Å². The molecule has 1 amide bonds. The first-order valence-corrected chi connectivity index (χ1v) is 7.05. The molecular formula is C15H23N3O. The largest absolute Gasteiger partial charge is 0.324 e. The molecule has 1 aliphatic carbocycles. The van der Waals surface area contributed by atoms with Gasteiger partial charge in [0.15, 0.2) is 0 Å². The van der Waals surface area contributed by atoms with Crippen LogP contribution < -0.4 is 10.6 Å². The second-order valence-corrected chi connectivity index (χ2v) is 5.51. The van der Waals surface area contributed by atoms with E-state index < -0.39 is 0 Å². The summed E-state index contributed by atoms with van der Waals surface area (Å²) in [6, 6.07) is 1.91. The molecule has 2 rings (SSSR count). The topological polar surface area (TPSA) is 54.0 Å². The minimum Gasteiger partial charge on any atom is -0.324 e. The fourth-order valence-electron chi connectivity index (χ4n) is 2.84. The van der Waals surface area contributed by atoms with E-state index in [2.05, 4.69) is 15.6 Å². The number of nitrogens with zero attached hydrogens (tertiary/aromatic N) is 1. The molecule has 0 saturated heterocycles. The Morgan fingerprint density at radius 3 is 2.74 bits per heavy atom. The van der Waals surface area contributed by atoms with Gasteiger partial charge < -0.3 is 10.6 Å². The van der Waals surface area contributed by atoms with Crippen molar-refractivity contribution in [1.29, 1.82) is 0 Å². The van der Waals surface area contributed by atoms with Gasteiger partial charge in [-0.25, -0.2) is 0 Å². The zero-order chi connectivity index (χ0) is 13.7. The third-order valence-corrected chi connectivity index (χ3v) is 4.15. The van der Waals surface area contributed by atoms with E-state index in [0.29, 0.717) is 6.42 Å². The zero-order valence-corrected chi connectivity index (χ0v) is 11.8. The van der Waals surface area contributed by atoms with Crippen molar-refractivity contribution >= 4 is 11.6 Å². The second-order valence-electron chi connectivity index (χ2n) is 5.51. The molecular weight excluding hydrogens is 238 g/mol. The fraction of sp³-hybridized carbons (Fsp3) is 0.600. The van der Waals surface area contributed by atoms with Crippen molar-refractivity contribution < 1.29 is 4.79 Å². The number of hydrogen-bond acceptors (Lipinski definition) is 3. The highest BCUT2D eigenvalue weighted by molar-refractivity contribution is 5.92. The summed E-state index contributed by atoms with van der Waals surface area (Å²) in [6.45, 7) is 1.98. The first-order valence-electron chi connectivity index (χ1n) is 7.05. The highest BCUT2D eigenvalue weighted by Crippen LogP contribution is 2.31. The number of nitrogens with one attached hydrogen (secondary N) is 2. The van der Waals surface area contributed by atoms with Gasteiger partial charge in [-0.05, 0) is 38.4 Å². The quantitative estimate of drug-likeness (QED) is 0.876. The monoisotopic (exact) mass is 261 g/mol. The van der Waals surface area contributed by atoms with Crippen LogP contribution in [0.25, 0.3) is 0 Å². The highest BCUT2D eigenvalue weighted by Gasteiger charge is 2.32. The lowest BCUT2D eigenvalue weighted by Gasteiger charge is -2.36. The number of aryl methyl sites for hydroxylation is 1. The molecule has 0 unspecified atom stereocenters. The van der Waals surface area contributed by atoms with Gasteiger partial charge in [-0.15, -0.1) is 0 Å². The summed E-state index contributed by atoms with van der Waals surface area (Å²) in [6.07, 6.45) is 9.86. The van der Waals surface area contributed by atoms with Crippen LogP contribution in [-0.4, -0.2) is 23.5 Å². The van der Waals surface area contributed by atoms with Crippen molar-refractivity contribution in [2.45, 2.75) is 51.0 Å². The van der Waals surface area contributed by atoms with E-state index in [1.54, 1.807) is 12.4 Å². The van der Waals surface area contributed by atoms with Crippen molar-refractivity contribution in [2.24, 2.45) is 0 Å². The molecule has 1 heterocycles. The Hall–Kier alpha value is -1.42. The molecule has 2 N–H and O–H groups in total. The number of carbonyl (C=O) groups is 1. The predicted molar refractivity (Wildman–Crippen MR) is 77.1 cm³/mol. The molecule has 0 radical (unpaired) electrons. The van der Waals surface area contributed by atoms with E-state index in [9.17, 15) is 4.79 Å². The van der Waals surface area contributed by atoms with Gasteiger partial charge in [-0.1, -0.05) is 19.3 Å². The third-order valence-electron chi connectivity index (χ3n) is 4.15. The van der Waals surface area contributed by atoms with E-state index in [-0.39, 0.29) is 11.4 Å². The fourth-order valence-corrected chi connectivity index (χ4v) is 2.84. The van der Waals surface area contributed by atoms with Crippen LogP contribution in [0.4, 0.5) is 5.69 Å². The van der Waals surface area contributed by atoms with E-state index in [0.717, 1.165) is 24.1 Å². The number of carbonyl (C=O) groups excluding carboxylic acids is 1. The lowest BCUT2D eigenvalue weighted by molar-refractivity contribution is -0.117. The molecule has 4 heteroatoms. The summed E-state index contributed by atoms with van der Waals surface area (Å²) in [5.41, 5.74) is 1.85. The van der Waals surface area contributed by atoms with Gasteiger partial charge >= 0.3 is 0 Å². The predicted octanol–water partition coefficient (Wildman–Crippen LogP) is 2.64. The van der Waals surface area contributed by atoms with Crippen LogP contribution in [0.3, 0.4) is 0 Å². The number of aromatic nitrogens is 1. The maximum absolute atomic E-state index is 12.2. The standard InChI is InChI=1S/C15H23N3O/c1-12-6-9-17-11-13(12)18-14(19)10-15(16-2)7-4-3-5-8-15/h6,9,11,16H,3-5,7-8,10H2,1-2H3,(H,18,19). The average Bonchev–Trinajstić information content (AvgIpc) is 2.42. The molecule has 1 saturated carbocycles. The van der Waals surface area contributed by atoms with Gasteiger partial charge in [-0.3, -0.25) is 9.78 Å². The summed E-state index contributed by atoms with van der Waals surface area (Å²) in [5, 5.41) is 6.35. The highest BCUT2D eigenvalue weighted by atomic mass is 16.1. The molecule has 0 aliphatic heterocycles. The van der Waals surface area contributed by atoms with Crippen LogP contribution in [-0.2, 0) is 4.79 Å².